The number of fused-ring (bicyclic) bond motifs is 2. The Kier molecular flexibility index (Phi) is 6.13. The van der Waals surface area contributed by atoms with Crippen LogP contribution in [0.25, 0.3) is 10.9 Å². The van der Waals surface area contributed by atoms with Crippen LogP contribution in [0.4, 0.5) is 5.69 Å². The molecule has 0 radical (unpaired) electrons. The summed E-state index contributed by atoms with van der Waals surface area (Å²) in [5, 5.41) is 8.80. The topological polar surface area (TPSA) is 77.2 Å². The summed E-state index contributed by atoms with van der Waals surface area (Å²) in [5.41, 5.74) is 4.71. The minimum atomic E-state index is -0.596. The Morgan fingerprint density at radius 1 is 1.00 bits per heavy atom. The van der Waals surface area contributed by atoms with Crippen molar-refractivity contribution in [1.29, 1.82) is 0 Å². The zero-order valence-electron chi connectivity index (χ0n) is 18.2. The molecule has 0 unspecified atom stereocenters. The number of nitrogens with one attached hydrogen (secondary N) is 3. The third kappa shape index (κ3) is 4.50. The van der Waals surface area contributed by atoms with Crippen LogP contribution in [-0.2, 0) is 22.4 Å². The van der Waals surface area contributed by atoms with E-state index in [1.807, 2.05) is 41.9 Å². The van der Waals surface area contributed by atoms with Crippen molar-refractivity contribution in [2.24, 2.45) is 0 Å². The van der Waals surface area contributed by atoms with Gasteiger partial charge in [0.05, 0.1) is 6.04 Å². The average Bonchev–Trinajstić information content (AvgIpc) is 3.60. The Bertz CT molecular complexity index is 1260. The van der Waals surface area contributed by atoms with Crippen molar-refractivity contribution < 1.29 is 9.59 Å². The summed E-state index contributed by atoms with van der Waals surface area (Å²) in [6.45, 7) is 1.68. The van der Waals surface area contributed by atoms with Gasteiger partial charge in [-0.05, 0) is 47.5 Å². The summed E-state index contributed by atoms with van der Waals surface area (Å²) < 4.78 is 0. The van der Waals surface area contributed by atoms with Crippen LogP contribution in [-0.4, -0.2) is 36.4 Å². The van der Waals surface area contributed by atoms with Crippen molar-refractivity contribution in [3.63, 3.8) is 0 Å². The summed E-state index contributed by atoms with van der Waals surface area (Å²) in [6.07, 6.45) is 3.60. The van der Waals surface area contributed by atoms with Crippen molar-refractivity contribution in [3.8, 4) is 0 Å². The molecule has 0 fully saturated rings. The molecule has 0 aliphatic carbocycles. The molecule has 4 aromatic rings. The number of rotatable bonds is 7. The quantitative estimate of drug-likeness (QED) is 0.369. The molecule has 1 aliphatic rings. The summed E-state index contributed by atoms with van der Waals surface area (Å²) in [6, 6.07) is 20.5. The second kappa shape index (κ2) is 9.50. The highest BCUT2D eigenvalue weighted by Gasteiger charge is 2.28. The predicted octanol–water partition coefficient (Wildman–Crippen LogP) is 3.81. The second-order valence-electron chi connectivity index (χ2n) is 8.18. The summed E-state index contributed by atoms with van der Waals surface area (Å²) >= 11 is 1.67. The maximum absolute atomic E-state index is 12.5. The molecule has 2 amide bonds. The minimum absolute atomic E-state index is 0.00313. The second-order valence-corrected chi connectivity index (χ2v) is 9.16. The Hall–Kier alpha value is -3.58. The molecule has 2 aromatic carbocycles. The van der Waals surface area contributed by atoms with E-state index in [4.69, 9.17) is 0 Å². The van der Waals surface area contributed by atoms with Gasteiger partial charge in [-0.25, -0.2) is 0 Å². The molecule has 0 bridgehead atoms. The molecule has 1 atom stereocenters. The van der Waals surface area contributed by atoms with E-state index >= 15 is 0 Å². The van der Waals surface area contributed by atoms with E-state index in [0.717, 1.165) is 29.4 Å². The van der Waals surface area contributed by atoms with Crippen LogP contribution in [0.15, 0.2) is 72.2 Å². The van der Waals surface area contributed by atoms with Crippen molar-refractivity contribution in [2.45, 2.75) is 18.9 Å². The van der Waals surface area contributed by atoms with Gasteiger partial charge < -0.3 is 20.5 Å². The van der Waals surface area contributed by atoms with Crippen LogP contribution in [0, 0.1) is 0 Å². The van der Waals surface area contributed by atoms with Crippen LogP contribution in [0.1, 0.15) is 22.0 Å². The van der Waals surface area contributed by atoms with Gasteiger partial charge in [0, 0.05) is 47.3 Å². The van der Waals surface area contributed by atoms with Gasteiger partial charge in [-0.1, -0.05) is 42.5 Å². The number of nitrogens with zero attached hydrogens (tertiary/aromatic N) is 1. The fraction of sp³-hybridized carbons (Fsp3) is 0.231. The van der Waals surface area contributed by atoms with Gasteiger partial charge in [0.25, 0.3) is 0 Å². The van der Waals surface area contributed by atoms with Gasteiger partial charge in [-0.3, -0.25) is 9.59 Å². The highest BCUT2D eigenvalue weighted by atomic mass is 32.1. The molecule has 168 valence electrons. The van der Waals surface area contributed by atoms with Gasteiger partial charge in [-0.2, -0.15) is 0 Å². The first-order chi connectivity index (χ1) is 16.2. The maximum atomic E-state index is 12.5. The molecule has 7 heteroatoms. The third-order valence-corrected chi connectivity index (χ3v) is 7.16. The molecule has 1 aliphatic heterocycles. The van der Waals surface area contributed by atoms with E-state index < -0.39 is 11.8 Å². The van der Waals surface area contributed by atoms with Gasteiger partial charge in [0.15, 0.2) is 0 Å². The lowest BCUT2D eigenvalue weighted by Gasteiger charge is -2.30. The van der Waals surface area contributed by atoms with E-state index in [-0.39, 0.29) is 6.04 Å². The van der Waals surface area contributed by atoms with Crippen molar-refractivity contribution in [3.05, 3.63) is 88.2 Å². The first-order valence-corrected chi connectivity index (χ1v) is 12.1. The molecule has 0 spiro atoms. The van der Waals surface area contributed by atoms with E-state index in [9.17, 15) is 9.59 Å². The summed E-state index contributed by atoms with van der Waals surface area (Å²) in [7, 11) is 0. The fourth-order valence-electron chi connectivity index (χ4n) is 4.53. The Morgan fingerprint density at radius 2 is 1.82 bits per heavy atom. The molecule has 0 saturated carbocycles. The number of carbonyl (C=O) groups is 2. The largest absolute Gasteiger partial charge is 0.361 e. The number of benzene rings is 2. The highest BCUT2D eigenvalue weighted by Crippen LogP contribution is 2.36. The van der Waals surface area contributed by atoms with Crippen molar-refractivity contribution in [1.82, 2.24) is 15.6 Å². The first kappa shape index (κ1) is 21.3. The van der Waals surface area contributed by atoms with Crippen LogP contribution in [0.5, 0.6) is 0 Å². The smallest absolute Gasteiger partial charge is 0.309 e. The van der Waals surface area contributed by atoms with Gasteiger partial charge in [0.2, 0.25) is 0 Å². The lowest BCUT2D eigenvalue weighted by molar-refractivity contribution is -0.139. The normalized spacial score (nSPS) is 13.6. The summed E-state index contributed by atoms with van der Waals surface area (Å²) in [4.78, 5) is 31.7. The molecule has 3 N–H and O–H groups in total. The predicted molar refractivity (Wildman–Crippen MR) is 133 cm³/mol. The summed E-state index contributed by atoms with van der Waals surface area (Å²) in [5.74, 6) is -1.19. The molecular weight excluding hydrogens is 432 g/mol. The third-order valence-electron chi connectivity index (χ3n) is 6.19. The number of aromatic amines is 1. The zero-order valence-corrected chi connectivity index (χ0v) is 19.0. The molecule has 5 rings (SSSR count). The first-order valence-electron chi connectivity index (χ1n) is 11.2. The zero-order chi connectivity index (χ0) is 22.6. The van der Waals surface area contributed by atoms with Crippen LogP contribution < -0.4 is 15.5 Å². The van der Waals surface area contributed by atoms with Crippen LogP contribution in [0.3, 0.4) is 0 Å². The van der Waals surface area contributed by atoms with E-state index in [1.165, 1.54) is 16.1 Å². The van der Waals surface area contributed by atoms with Crippen LogP contribution in [0.2, 0.25) is 0 Å². The monoisotopic (exact) mass is 458 g/mol. The standard InChI is InChI=1S/C26H26N4O2S/c31-25(27-13-11-19-16-28-21-8-3-2-7-20(19)21)26(32)29-17-23(24-10-5-15-33-24)30-14-12-18-6-1-4-9-22(18)30/h1-10,15-16,23,28H,11-14,17H2,(H,27,31)(H,29,32)/t23-/m1/s1. The molecule has 2 aromatic heterocycles. The average molecular weight is 459 g/mol. The molecule has 3 heterocycles. The van der Waals surface area contributed by atoms with E-state index in [1.54, 1.807) is 11.3 Å². The number of hydrogen-bond acceptors (Lipinski definition) is 4. The Morgan fingerprint density at radius 3 is 2.70 bits per heavy atom. The minimum Gasteiger partial charge on any atom is -0.361 e. The van der Waals surface area contributed by atoms with Crippen molar-refractivity contribution in [2.75, 3.05) is 24.5 Å². The fourth-order valence-corrected chi connectivity index (χ4v) is 5.37. The van der Waals surface area contributed by atoms with Gasteiger partial charge in [-0.15, -0.1) is 11.3 Å². The van der Waals surface area contributed by atoms with E-state index in [0.29, 0.717) is 19.5 Å². The number of carbonyl (C=O) groups excluding carboxylic acids is 2. The Labute approximate surface area is 196 Å². The van der Waals surface area contributed by atoms with Crippen molar-refractivity contribution >= 4 is 39.7 Å². The van der Waals surface area contributed by atoms with Crippen LogP contribution >= 0.6 is 11.3 Å². The number of anilines is 1. The number of hydrogen-bond donors (Lipinski definition) is 3. The molecule has 6 nitrogen and oxygen atoms in total. The maximum Gasteiger partial charge on any atom is 0.309 e. The number of amides is 2. The molecular formula is C26H26N4O2S. The highest BCUT2D eigenvalue weighted by molar-refractivity contribution is 7.10. The number of para-hydroxylation sites is 2. The van der Waals surface area contributed by atoms with Gasteiger partial charge in [0.1, 0.15) is 0 Å². The van der Waals surface area contributed by atoms with E-state index in [2.05, 4.69) is 50.8 Å². The Balaban J connectivity index is 1.18. The molecule has 33 heavy (non-hydrogen) atoms. The number of thiophene rings is 1. The number of H-pyrrole nitrogens is 1. The lowest BCUT2D eigenvalue weighted by atomic mass is 10.1. The molecule has 0 saturated heterocycles. The lowest BCUT2D eigenvalue weighted by Crippen LogP contribution is -2.44. The number of aromatic nitrogens is 1. The SMILES string of the molecule is O=C(NCCc1c[nH]c2ccccc12)C(=O)NC[C@H](c1cccs1)N1CCc2ccccc21. The van der Waals surface area contributed by atoms with Gasteiger partial charge >= 0.3 is 11.8 Å².